The quantitative estimate of drug-likeness (QED) is 0.157. The highest BCUT2D eigenvalue weighted by Crippen LogP contribution is 2.53. The van der Waals surface area contributed by atoms with Gasteiger partial charge in [-0.05, 0) is 118 Å². The Kier molecular flexibility index (Phi) is 6.91. The summed E-state index contributed by atoms with van der Waals surface area (Å²) in [5.74, 6) is 0. The monoisotopic (exact) mass is 777 g/mol. The van der Waals surface area contributed by atoms with E-state index in [1.165, 1.54) is 127 Å². The SMILES string of the molecule is CC1(C)c2ccccc2-c2ccc(-c3ccc4ccc5c6c(ccc3c46)cc3c(-c4ccccc4)c(-c4ccccc4)n(-c4ccc6c(c4)C(C)(C)c4ccccc4-6)c35)cc21. The van der Waals surface area contributed by atoms with Crippen molar-refractivity contribution in [2.24, 2.45) is 0 Å². The zero-order valence-corrected chi connectivity index (χ0v) is 34.8. The maximum atomic E-state index is 2.60. The van der Waals surface area contributed by atoms with Crippen LogP contribution >= 0.6 is 0 Å². The van der Waals surface area contributed by atoms with E-state index in [0.29, 0.717) is 0 Å². The van der Waals surface area contributed by atoms with Crippen molar-refractivity contribution in [1.29, 1.82) is 0 Å². The normalized spacial score (nSPS) is 14.5. The van der Waals surface area contributed by atoms with E-state index in [2.05, 4.69) is 220 Å². The molecule has 0 saturated heterocycles. The molecule has 0 bridgehead atoms. The van der Waals surface area contributed by atoms with Gasteiger partial charge in [-0.1, -0.05) is 191 Å². The van der Waals surface area contributed by atoms with E-state index in [1.807, 2.05) is 0 Å². The van der Waals surface area contributed by atoms with Crippen molar-refractivity contribution in [2.75, 3.05) is 0 Å². The predicted molar refractivity (Wildman–Crippen MR) is 258 cm³/mol. The molecule has 0 radical (unpaired) electrons. The van der Waals surface area contributed by atoms with Crippen LogP contribution in [0.25, 0.3) is 105 Å². The first-order chi connectivity index (χ1) is 29.8. The first-order valence-electron chi connectivity index (χ1n) is 21.7. The number of nitrogens with zero attached hydrogens (tertiary/aromatic N) is 1. The van der Waals surface area contributed by atoms with Crippen LogP contribution in [0, 0.1) is 0 Å². The Labute approximate surface area is 356 Å². The summed E-state index contributed by atoms with van der Waals surface area (Å²) in [6.45, 7) is 9.52. The van der Waals surface area contributed by atoms with Crippen molar-refractivity contribution in [3.05, 3.63) is 210 Å². The van der Waals surface area contributed by atoms with E-state index < -0.39 is 0 Å². The summed E-state index contributed by atoms with van der Waals surface area (Å²) in [4.78, 5) is 0. The average molecular weight is 778 g/mol. The van der Waals surface area contributed by atoms with Crippen LogP contribution in [0.2, 0.25) is 0 Å². The third-order valence-electron chi connectivity index (χ3n) is 14.5. The number of hydrogen-bond donors (Lipinski definition) is 0. The lowest BCUT2D eigenvalue weighted by Crippen LogP contribution is -2.15. The van der Waals surface area contributed by atoms with Gasteiger partial charge < -0.3 is 4.57 Å². The van der Waals surface area contributed by atoms with Crippen LogP contribution in [0.3, 0.4) is 0 Å². The Hall–Kier alpha value is -7.22. The minimum Gasteiger partial charge on any atom is -0.308 e. The van der Waals surface area contributed by atoms with Crippen LogP contribution in [0.4, 0.5) is 0 Å². The van der Waals surface area contributed by atoms with Gasteiger partial charge in [0.1, 0.15) is 0 Å². The molecule has 13 rings (SSSR count). The average Bonchev–Trinajstić information content (AvgIpc) is 3.85. The van der Waals surface area contributed by atoms with Crippen LogP contribution < -0.4 is 0 Å². The van der Waals surface area contributed by atoms with Gasteiger partial charge in [-0.25, -0.2) is 0 Å². The van der Waals surface area contributed by atoms with Gasteiger partial charge in [-0.3, -0.25) is 0 Å². The molecule has 0 unspecified atom stereocenters. The molecule has 0 aliphatic heterocycles. The molecule has 0 saturated carbocycles. The molecule has 0 N–H and O–H groups in total. The van der Waals surface area contributed by atoms with Crippen molar-refractivity contribution in [3.63, 3.8) is 0 Å². The minimum absolute atomic E-state index is 0.0643. The molecule has 61 heavy (non-hydrogen) atoms. The van der Waals surface area contributed by atoms with Gasteiger partial charge in [-0.2, -0.15) is 0 Å². The summed E-state index contributed by atoms with van der Waals surface area (Å²) in [5.41, 5.74) is 20.6. The standard InChI is InChI=1S/C60H43N/c1-59(2)50-21-13-11-19-43(50)45-29-25-39(34-52(45)59)42-28-23-37-24-31-48-55-40(26-30-47(42)54(37)55)33-49-56(36-15-7-5-8-16-36)57(38-17-9-6-10-18-38)61(58(48)49)41-27-32-46-44-20-12-14-22-51(44)60(3,4)53(46)35-41/h5-35H,1-4H3. The van der Waals surface area contributed by atoms with E-state index in [4.69, 9.17) is 0 Å². The van der Waals surface area contributed by atoms with E-state index >= 15 is 0 Å². The lowest BCUT2D eigenvalue weighted by molar-refractivity contribution is 0.660. The summed E-state index contributed by atoms with van der Waals surface area (Å²) >= 11 is 0. The molecule has 0 fully saturated rings. The molecule has 1 aromatic heterocycles. The Balaban J connectivity index is 1.13. The molecule has 0 atom stereocenters. The molecule has 11 aromatic rings. The van der Waals surface area contributed by atoms with Crippen LogP contribution in [0.5, 0.6) is 0 Å². The Bertz CT molecular complexity index is 3620. The van der Waals surface area contributed by atoms with Crippen LogP contribution in [0.1, 0.15) is 49.9 Å². The zero-order valence-electron chi connectivity index (χ0n) is 34.8. The largest absolute Gasteiger partial charge is 0.308 e. The fourth-order valence-corrected chi connectivity index (χ4v) is 11.6. The number of rotatable bonds is 4. The lowest BCUT2D eigenvalue weighted by atomic mass is 9.81. The van der Waals surface area contributed by atoms with E-state index in [9.17, 15) is 0 Å². The predicted octanol–water partition coefficient (Wildman–Crippen LogP) is 16.1. The molecule has 10 aromatic carbocycles. The molecule has 1 nitrogen and oxygen atoms in total. The smallest absolute Gasteiger partial charge is 0.0620 e. The number of benzene rings is 10. The summed E-state index contributed by atoms with van der Waals surface area (Å²) < 4.78 is 2.60. The lowest BCUT2D eigenvalue weighted by Gasteiger charge is -2.23. The van der Waals surface area contributed by atoms with Gasteiger partial charge in [0.25, 0.3) is 0 Å². The summed E-state index contributed by atoms with van der Waals surface area (Å²) in [5, 5.41) is 9.03. The van der Waals surface area contributed by atoms with Crippen molar-refractivity contribution in [1.82, 2.24) is 4.57 Å². The van der Waals surface area contributed by atoms with Crippen LogP contribution in [0.15, 0.2) is 188 Å². The van der Waals surface area contributed by atoms with Gasteiger partial charge >= 0.3 is 0 Å². The van der Waals surface area contributed by atoms with Crippen molar-refractivity contribution >= 4 is 43.2 Å². The second-order valence-electron chi connectivity index (χ2n) is 18.4. The second-order valence-corrected chi connectivity index (χ2v) is 18.4. The van der Waals surface area contributed by atoms with Crippen LogP contribution in [-0.2, 0) is 10.8 Å². The van der Waals surface area contributed by atoms with Gasteiger partial charge in [0.05, 0.1) is 11.2 Å². The summed E-state index contributed by atoms with van der Waals surface area (Å²) in [7, 11) is 0. The maximum absolute atomic E-state index is 2.60. The maximum Gasteiger partial charge on any atom is 0.0620 e. The van der Waals surface area contributed by atoms with Crippen molar-refractivity contribution < 1.29 is 0 Å². The Morgan fingerprint density at radius 3 is 1.57 bits per heavy atom. The molecule has 1 heteroatoms. The number of aromatic nitrogens is 1. The number of fused-ring (bicyclic) bond motifs is 8. The van der Waals surface area contributed by atoms with Gasteiger partial charge in [-0.15, -0.1) is 0 Å². The Morgan fingerprint density at radius 1 is 0.344 bits per heavy atom. The molecular formula is C60H43N. The van der Waals surface area contributed by atoms with E-state index in [0.717, 1.165) is 0 Å². The van der Waals surface area contributed by atoms with Crippen LogP contribution in [-0.4, -0.2) is 4.57 Å². The molecule has 0 amide bonds. The first-order valence-corrected chi connectivity index (χ1v) is 21.7. The van der Waals surface area contributed by atoms with E-state index in [1.54, 1.807) is 0 Å². The third kappa shape index (κ3) is 4.61. The first kappa shape index (κ1) is 34.6. The molecule has 2 aliphatic rings. The summed E-state index contributed by atoms with van der Waals surface area (Å²) in [6, 6.07) is 71.0. The van der Waals surface area contributed by atoms with Gasteiger partial charge in [0.15, 0.2) is 0 Å². The van der Waals surface area contributed by atoms with E-state index in [-0.39, 0.29) is 10.8 Å². The topological polar surface area (TPSA) is 4.93 Å². The summed E-state index contributed by atoms with van der Waals surface area (Å²) in [6.07, 6.45) is 0. The highest BCUT2D eigenvalue weighted by atomic mass is 15.0. The highest BCUT2D eigenvalue weighted by molar-refractivity contribution is 6.32. The van der Waals surface area contributed by atoms with Gasteiger partial charge in [0, 0.05) is 32.9 Å². The molecule has 0 spiro atoms. The Morgan fingerprint density at radius 2 is 0.869 bits per heavy atom. The minimum atomic E-state index is -0.127. The van der Waals surface area contributed by atoms with Crippen molar-refractivity contribution in [2.45, 2.75) is 38.5 Å². The molecule has 1 heterocycles. The molecular weight excluding hydrogens is 735 g/mol. The molecule has 2 aliphatic carbocycles. The second kappa shape index (κ2) is 12.2. The van der Waals surface area contributed by atoms with Crippen molar-refractivity contribution in [3.8, 4) is 61.5 Å². The number of hydrogen-bond acceptors (Lipinski definition) is 0. The fraction of sp³-hybridized carbons (Fsp3) is 0.100. The van der Waals surface area contributed by atoms with Gasteiger partial charge in [0.2, 0.25) is 0 Å². The highest BCUT2D eigenvalue weighted by Gasteiger charge is 2.37. The molecule has 288 valence electrons. The zero-order chi connectivity index (χ0) is 40.8. The fourth-order valence-electron chi connectivity index (χ4n) is 11.6. The third-order valence-corrected chi connectivity index (χ3v) is 14.5.